The molecule has 1 heterocycles. The number of nitro groups is 1. The van der Waals surface area contributed by atoms with Crippen LogP contribution in [0.2, 0.25) is 15.1 Å². The molecule has 194 valence electrons. The van der Waals surface area contributed by atoms with E-state index >= 15 is 0 Å². The van der Waals surface area contributed by atoms with Crippen LogP contribution in [0.5, 0.6) is 0 Å². The molecule has 0 saturated heterocycles. The molecule has 2 aromatic carbocycles. The monoisotopic (exact) mass is 571 g/mol. The smallest absolute Gasteiger partial charge is 0.270 e. The van der Waals surface area contributed by atoms with Crippen LogP contribution in [-0.2, 0) is 0 Å². The van der Waals surface area contributed by atoms with Crippen LogP contribution in [0.25, 0.3) is 23.1 Å². The Labute approximate surface area is 232 Å². The molecule has 0 fully saturated rings. The van der Waals surface area contributed by atoms with Gasteiger partial charge in [0.05, 0.1) is 40.1 Å². The summed E-state index contributed by atoms with van der Waals surface area (Å²) in [6.45, 7) is 9.79. The zero-order valence-electron chi connectivity index (χ0n) is 20.3. The first-order valence-electron chi connectivity index (χ1n) is 11.6. The Bertz CT molecular complexity index is 1210. The van der Waals surface area contributed by atoms with Crippen molar-refractivity contribution >= 4 is 69.4 Å². The van der Waals surface area contributed by atoms with Crippen molar-refractivity contribution in [2.45, 2.75) is 39.7 Å². The fourth-order valence-electron chi connectivity index (χ4n) is 3.87. The molecule has 0 aliphatic heterocycles. The Morgan fingerprint density at radius 1 is 1.08 bits per heavy atom. The molecule has 0 aliphatic rings. The Hall–Kier alpha value is -2.16. The van der Waals surface area contributed by atoms with E-state index in [0.717, 1.165) is 32.5 Å². The summed E-state index contributed by atoms with van der Waals surface area (Å²) in [5.41, 5.74) is 1.19. The van der Waals surface area contributed by atoms with E-state index in [4.69, 9.17) is 34.8 Å². The third kappa shape index (κ3) is 7.92. The number of hydrogen-bond acceptors (Lipinski definition) is 5. The molecule has 2 N–H and O–H groups in total. The van der Waals surface area contributed by atoms with E-state index in [9.17, 15) is 10.1 Å². The Kier molecular flexibility index (Phi) is 11.7. The van der Waals surface area contributed by atoms with Gasteiger partial charge in [-0.2, -0.15) is 0 Å². The van der Waals surface area contributed by atoms with Crippen molar-refractivity contribution < 1.29 is 22.2 Å². The molecule has 0 saturated carbocycles. The number of rotatable bonds is 11. The number of hydrogen-bond donors (Lipinski definition) is 2. The van der Waals surface area contributed by atoms with Crippen molar-refractivity contribution in [1.29, 1.82) is 0 Å². The fraction of sp³-hybridized carbons (Fsp3) is 0.360. The molecule has 0 spiro atoms. The summed E-state index contributed by atoms with van der Waals surface area (Å²) in [6, 6.07) is 7.93. The zero-order chi connectivity index (χ0) is 25.5. The van der Waals surface area contributed by atoms with E-state index in [2.05, 4.69) is 36.1 Å². The van der Waals surface area contributed by atoms with Crippen LogP contribution in [-0.4, -0.2) is 40.6 Å². The van der Waals surface area contributed by atoms with Crippen LogP contribution in [0.4, 0.5) is 11.5 Å². The molecule has 0 aliphatic carbocycles. The van der Waals surface area contributed by atoms with Crippen LogP contribution in [0, 0.1) is 10.1 Å². The van der Waals surface area contributed by atoms with Gasteiger partial charge in [0.1, 0.15) is 5.82 Å². The van der Waals surface area contributed by atoms with E-state index in [1.807, 2.05) is 0 Å². The molecule has 0 radical (unpaired) electrons. The van der Waals surface area contributed by atoms with Crippen LogP contribution < -0.4 is 22.6 Å². The Balaban J connectivity index is 0.00000456. The second-order valence-electron chi connectivity index (χ2n) is 8.40. The minimum atomic E-state index is -0.419. The maximum atomic E-state index is 11.4. The van der Waals surface area contributed by atoms with Gasteiger partial charge in [0, 0.05) is 34.1 Å². The van der Waals surface area contributed by atoms with Crippen LogP contribution in [0.1, 0.15) is 45.0 Å². The first-order valence-corrected chi connectivity index (χ1v) is 12.7. The van der Waals surface area contributed by atoms with Crippen molar-refractivity contribution in [3.8, 4) is 0 Å². The fourth-order valence-corrected chi connectivity index (χ4v) is 4.81. The zero-order valence-corrected chi connectivity index (χ0v) is 23.3. The van der Waals surface area contributed by atoms with Gasteiger partial charge in [0.15, 0.2) is 5.82 Å². The number of fused-ring (bicyclic) bond motifs is 1. The van der Waals surface area contributed by atoms with Crippen LogP contribution in [0.15, 0.2) is 30.3 Å². The van der Waals surface area contributed by atoms with Gasteiger partial charge in [0.25, 0.3) is 5.69 Å². The highest BCUT2D eigenvalue weighted by molar-refractivity contribution is 6.40. The normalized spacial score (nSPS) is 12.2. The molecule has 36 heavy (non-hydrogen) atoms. The molecule has 0 amide bonds. The topological polar surface area (TPSA) is 85.4 Å². The number of anilines is 1. The number of nitrogens with one attached hydrogen (secondary N) is 2. The summed E-state index contributed by atoms with van der Waals surface area (Å²) in [6.07, 6.45) is 5.45. The molecule has 11 heteroatoms. The lowest BCUT2D eigenvalue weighted by Gasteiger charge is -2.19. The summed E-state index contributed by atoms with van der Waals surface area (Å²) >= 11 is 18.6. The summed E-state index contributed by atoms with van der Waals surface area (Å²) in [5.74, 6) is 0.977. The lowest BCUT2D eigenvalue weighted by molar-refractivity contribution is -0.896. The van der Waals surface area contributed by atoms with Crippen molar-refractivity contribution in [3.63, 3.8) is 0 Å². The van der Waals surface area contributed by atoms with Crippen molar-refractivity contribution in [2.24, 2.45) is 0 Å². The van der Waals surface area contributed by atoms with E-state index in [-0.39, 0.29) is 24.1 Å². The van der Waals surface area contributed by atoms with E-state index in [1.54, 1.807) is 35.3 Å². The van der Waals surface area contributed by atoms with Crippen molar-refractivity contribution in [3.05, 3.63) is 66.9 Å². The van der Waals surface area contributed by atoms with Gasteiger partial charge < -0.3 is 22.6 Å². The lowest BCUT2D eigenvalue weighted by Crippen LogP contribution is -3.11. The van der Waals surface area contributed by atoms with Gasteiger partial charge in [-0.15, -0.1) is 0 Å². The summed E-state index contributed by atoms with van der Waals surface area (Å²) in [4.78, 5) is 21.7. The first-order chi connectivity index (χ1) is 16.7. The number of non-ortho nitro benzene ring substituents is 1. The number of quaternary nitrogens is 1. The maximum Gasteiger partial charge on any atom is 0.270 e. The quantitative estimate of drug-likeness (QED) is 0.272. The van der Waals surface area contributed by atoms with Gasteiger partial charge in [-0.05, 0) is 64.0 Å². The Morgan fingerprint density at radius 3 is 2.36 bits per heavy atom. The van der Waals surface area contributed by atoms with E-state index in [1.165, 1.54) is 12.1 Å². The SMILES string of the molecule is CC[NH+](CC)CCCC(C)Nc1nc(C=Cc2c(Cl)cc(Cl)cc2Cl)nc2ccc([N+](=O)[O-])cc12.[Cl-]. The molecular weight excluding hydrogens is 544 g/mol. The lowest BCUT2D eigenvalue weighted by atomic mass is 10.1. The highest BCUT2D eigenvalue weighted by Gasteiger charge is 2.15. The van der Waals surface area contributed by atoms with Gasteiger partial charge in [-0.25, -0.2) is 9.97 Å². The predicted molar refractivity (Wildman–Crippen MR) is 146 cm³/mol. The molecular formula is C25H29Cl4N5O2. The standard InChI is InChI=1S/C25H28Cl3N5O2.ClH/c1-4-32(5-2)12-6-7-16(3)29-25-20-15-18(33(34)35)8-10-23(20)30-24(31-25)11-9-19-21(27)13-17(26)14-22(19)28;/h8-11,13-16H,4-7,12H2,1-3H3,(H,29,30,31);1H. The largest absolute Gasteiger partial charge is 1.00 e. The van der Waals surface area contributed by atoms with Crippen LogP contribution in [0.3, 0.4) is 0 Å². The van der Waals surface area contributed by atoms with E-state index < -0.39 is 4.92 Å². The van der Waals surface area contributed by atoms with Crippen molar-refractivity contribution in [1.82, 2.24) is 9.97 Å². The molecule has 3 rings (SSSR count). The number of halogens is 4. The minimum absolute atomic E-state index is 0. The summed E-state index contributed by atoms with van der Waals surface area (Å²) < 4.78 is 0. The minimum Gasteiger partial charge on any atom is -1.00 e. The molecule has 1 atom stereocenters. The second-order valence-corrected chi connectivity index (χ2v) is 9.65. The van der Waals surface area contributed by atoms with Crippen LogP contribution >= 0.6 is 34.8 Å². The van der Waals surface area contributed by atoms with E-state index in [0.29, 0.717) is 43.2 Å². The highest BCUT2D eigenvalue weighted by atomic mass is 35.5. The summed E-state index contributed by atoms with van der Waals surface area (Å²) in [5, 5.41) is 16.7. The number of benzene rings is 2. The third-order valence-corrected chi connectivity index (χ3v) is 6.74. The molecule has 3 aromatic rings. The average Bonchev–Trinajstić information content (AvgIpc) is 2.81. The maximum absolute atomic E-state index is 11.4. The predicted octanol–water partition coefficient (Wildman–Crippen LogP) is 3.18. The molecule has 0 bridgehead atoms. The number of nitro benzene ring substituents is 1. The number of nitrogens with zero attached hydrogens (tertiary/aromatic N) is 3. The molecule has 1 aromatic heterocycles. The highest BCUT2D eigenvalue weighted by Crippen LogP contribution is 2.31. The Morgan fingerprint density at radius 2 is 1.75 bits per heavy atom. The van der Waals surface area contributed by atoms with Gasteiger partial charge >= 0.3 is 0 Å². The number of aromatic nitrogens is 2. The molecule has 1 unspecified atom stereocenters. The van der Waals surface area contributed by atoms with Crippen molar-refractivity contribution in [2.75, 3.05) is 25.0 Å². The molecule has 7 nitrogen and oxygen atoms in total. The van der Waals surface area contributed by atoms with Gasteiger partial charge in [0.2, 0.25) is 0 Å². The second kappa shape index (κ2) is 14.0. The average molecular weight is 573 g/mol. The summed E-state index contributed by atoms with van der Waals surface area (Å²) in [7, 11) is 0. The van der Waals surface area contributed by atoms with Gasteiger partial charge in [-0.1, -0.05) is 34.8 Å². The third-order valence-electron chi connectivity index (χ3n) is 5.90. The first kappa shape index (κ1) is 30.1. The van der Waals surface area contributed by atoms with Gasteiger partial charge in [-0.3, -0.25) is 10.1 Å².